The summed E-state index contributed by atoms with van der Waals surface area (Å²) in [6.07, 6.45) is 0. The summed E-state index contributed by atoms with van der Waals surface area (Å²) in [6.45, 7) is 1.85. The van der Waals surface area contributed by atoms with E-state index in [1.165, 1.54) is 0 Å². The molecule has 0 bridgehead atoms. The van der Waals surface area contributed by atoms with Crippen LogP contribution in [0.25, 0.3) is 21.5 Å². The van der Waals surface area contributed by atoms with Crippen LogP contribution in [0.15, 0.2) is 42.5 Å². The van der Waals surface area contributed by atoms with E-state index in [-0.39, 0.29) is 11.5 Å². The van der Waals surface area contributed by atoms with Crippen LogP contribution >= 0.6 is 0 Å². The van der Waals surface area contributed by atoms with Crippen molar-refractivity contribution in [2.24, 2.45) is 0 Å². The van der Waals surface area contributed by atoms with Gasteiger partial charge >= 0.3 is 0 Å². The highest BCUT2D eigenvalue weighted by molar-refractivity contribution is 6.11. The van der Waals surface area contributed by atoms with Crippen molar-refractivity contribution in [2.45, 2.75) is 6.92 Å². The van der Waals surface area contributed by atoms with Gasteiger partial charge in [0.25, 0.3) is 0 Å². The highest BCUT2D eigenvalue weighted by Crippen LogP contribution is 2.36. The number of rotatable bonds is 0. The van der Waals surface area contributed by atoms with Crippen molar-refractivity contribution < 1.29 is 10.2 Å². The fourth-order valence-electron chi connectivity index (χ4n) is 2.29. The van der Waals surface area contributed by atoms with E-state index in [9.17, 15) is 10.2 Å². The van der Waals surface area contributed by atoms with E-state index in [4.69, 9.17) is 0 Å². The quantitative estimate of drug-likeness (QED) is 0.571. The molecule has 0 spiro atoms. The lowest BCUT2D eigenvalue weighted by atomic mass is 9.98. The molecule has 3 aromatic rings. The third-order valence-corrected chi connectivity index (χ3v) is 3.26. The van der Waals surface area contributed by atoms with Gasteiger partial charge in [-0.15, -0.1) is 0 Å². The van der Waals surface area contributed by atoms with Crippen molar-refractivity contribution >= 4 is 21.5 Å². The third kappa shape index (κ3) is 1.34. The van der Waals surface area contributed by atoms with Crippen LogP contribution in [-0.2, 0) is 0 Å². The second kappa shape index (κ2) is 3.39. The molecule has 0 heterocycles. The van der Waals surface area contributed by atoms with Crippen LogP contribution in [0.2, 0.25) is 0 Å². The molecular weight excluding hydrogens is 212 g/mol. The van der Waals surface area contributed by atoms with E-state index in [2.05, 4.69) is 0 Å². The molecule has 0 saturated carbocycles. The van der Waals surface area contributed by atoms with E-state index in [0.717, 1.165) is 27.1 Å². The number of aryl methyl sites for hydroxylation is 1. The number of fused-ring (bicyclic) bond motifs is 3. The van der Waals surface area contributed by atoms with Gasteiger partial charge < -0.3 is 10.2 Å². The fourth-order valence-corrected chi connectivity index (χ4v) is 2.29. The minimum atomic E-state index is 0.252. The van der Waals surface area contributed by atoms with E-state index < -0.39 is 0 Å². The van der Waals surface area contributed by atoms with Gasteiger partial charge in [-0.2, -0.15) is 0 Å². The largest absolute Gasteiger partial charge is 0.508 e. The molecule has 2 nitrogen and oxygen atoms in total. The van der Waals surface area contributed by atoms with Gasteiger partial charge in [-0.25, -0.2) is 0 Å². The molecule has 0 aliphatic carbocycles. The summed E-state index contributed by atoms with van der Waals surface area (Å²) in [5.74, 6) is 0.508. The lowest BCUT2D eigenvalue weighted by molar-refractivity contribution is 0.472. The molecule has 0 atom stereocenters. The highest BCUT2D eigenvalue weighted by atomic mass is 16.3. The van der Waals surface area contributed by atoms with Gasteiger partial charge in [0, 0.05) is 5.39 Å². The third-order valence-electron chi connectivity index (χ3n) is 3.26. The minimum Gasteiger partial charge on any atom is -0.508 e. The molecule has 2 N–H and O–H groups in total. The van der Waals surface area contributed by atoms with Crippen LogP contribution in [0.3, 0.4) is 0 Å². The Balaban J connectivity index is 2.62. The molecule has 0 amide bonds. The smallest absolute Gasteiger partial charge is 0.124 e. The zero-order chi connectivity index (χ0) is 12.0. The maximum absolute atomic E-state index is 10.0. The zero-order valence-electron chi connectivity index (χ0n) is 9.44. The average Bonchev–Trinajstić information content (AvgIpc) is 2.35. The van der Waals surface area contributed by atoms with Crippen LogP contribution in [0, 0.1) is 6.92 Å². The SMILES string of the molecule is Cc1c(O)ccc2c1cc(O)c1ccccc12. The number of benzene rings is 3. The Labute approximate surface area is 98.7 Å². The average molecular weight is 224 g/mol. The van der Waals surface area contributed by atoms with Gasteiger partial charge in [-0.05, 0) is 40.8 Å². The summed E-state index contributed by atoms with van der Waals surface area (Å²) in [7, 11) is 0. The van der Waals surface area contributed by atoms with E-state index >= 15 is 0 Å². The van der Waals surface area contributed by atoms with Crippen LogP contribution < -0.4 is 0 Å². The first-order valence-corrected chi connectivity index (χ1v) is 5.51. The molecule has 2 heteroatoms. The van der Waals surface area contributed by atoms with Gasteiger partial charge in [0.15, 0.2) is 0 Å². The Hall–Kier alpha value is -2.22. The standard InChI is InChI=1S/C15H12O2/c1-9-13-8-15(17)12-5-3-2-4-10(12)11(13)6-7-14(9)16/h2-8,16-17H,1H3. The first-order valence-electron chi connectivity index (χ1n) is 5.51. The molecule has 0 aliphatic heterocycles. The second-order valence-corrected chi connectivity index (χ2v) is 4.25. The Morgan fingerprint density at radius 3 is 2.12 bits per heavy atom. The van der Waals surface area contributed by atoms with Crippen LogP contribution in [0.1, 0.15) is 5.56 Å². The van der Waals surface area contributed by atoms with E-state index in [1.54, 1.807) is 12.1 Å². The highest BCUT2D eigenvalue weighted by Gasteiger charge is 2.08. The first kappa shape index (κ1) is 9.97. The summed E-state index contributed by atoms with van der Waals surface area (Å²) in [6, 6.07) is 13.0. The number of hydrogen-bond donors (Lipinski definition) is 2. The summed E-state index contributed by atoms with van der Waals surface area (Å²) in [5, 5.41) is 23.5. The van der Waals surface area contributed by atoms with Crippen molar-refractivity contribution in [3.8, 4) is 11.5 Å². The monoisotopic (exact) mass is 224 g/mol. The van der Waals surface area contributed by atoms with Gasteiger partial charge in [0.05, 0.1) is 0 Å². The molecule has 0 aliphatic rings. The van der Waals surface area contributed by atoms with Crippen molar-refractivity contribution in [3.05, 3.63) is 48.0 Å². The lowest BCUT2D eigenvalue weighted by Gasteiger charge is -2.09. The molecule has 0 fully saturated rings. The van der Waals surface area contributed by atoms with Crippen molar-refractivity contribution in [1.29, 1.82) is 0 Å². The molecular formula is C15H12O2. The summed E-state index contributed by atoms with van der Waals surface area (Å²) in [4.78, 5) is 0. The number of hydrogen-bond acceptors (Lipinski definition) is 2. The topological polar surface area (TPSA) is 40.5 Å². The van der Waals surface area contributed by atoms with Gasteiger partial charge in [-0.3, -0.25) is 0 Å². The van der Waals surface area contributed by atoms with Gasteiger partial charge in [0.2, 0.25) is 0 Å². The van der Waals surface area contributed by atoms with E-state index in [0.29, 0.717) is 0 Å². The molecule has 0 aromatic heterocycles. The Bertz CT molecular complexity index is 730. The Morgan fingerprint density at radius 1 is 0.706 bits per heavy atom. The molecule has 0 radical (unpaired) electrons. The molecule has 84 valence electrons. The predicted molar refractivity (Wildman–Crippen MR) is 69.5 cm³/mol. The Kier molecular flexibility index (Phi) is 1.99. The maximum atomic E-state index is 10.0. The molecule has 3 aromatic carbocycles. The number of aromatic hydroxyl groups is 2. The minimum absolute atomic E-state index is 0.252. The van der Waals surface area contributed by atoms with Crippen molar-refractivity contribution in [3.63, 3.8) is 0 Å². The lowest BCUT2D eigenvalue weighted by Crippen LogP contribution is -1.83. The van der Waals surface area contributed by atoms with Crippen molar-refractivity contribution in [2.75, 3.05) is 0 Å². The fraction of sp³-hybridized carbons (Fsp3) is 0.0667. The first-order chi connectivity index (χ1) is 8.18. The second-order valence-electron chi connectivity index (χ2n) is 4.25. The van der Waals surface area contributed by atoms with Crippen LogP contribution in [0.4, 0.5) is 0 Å². The maximum Gasteiger partial charge on any atom is 0.124 e. The number of phenols is 2. The summed E-state index contributed by atoms with van der Waals surface area (Å²) >= 11 is 0. The molecule has 17 heavy (non-hydrogen) atoms. The summed E-state index contributed by atoms with van der Waals surface area (Å²) in [5.41, 5.74) is 0.795. The zero-order valence-corrected chi connectivity index (χ0v) is 9.44. The summed E-state index contributed by atoms with van der Waals surface area (Å²) < 4.78 is 0. The van der Waals surface area contributed by atoms with Gasteiger partial charge in [-0.1, -0.05) is 30.3 Å². The normalized spacial score (nSPS) is 11.1. The number of phenolic OH excluding ortho intramolecular Hbond substituents is 2. The predicted octanol–water partition coefficient (Wildman–Crippen LogP) is 3.71. The van der Waals surface area contributed by atoms with Crippen molar-refractivity contribution in [1.82, 2.24) is 0 Å². The Morgan fingerprint density at radius 2 is 1.35 bits per heavy atom. The molecule has 3 rings (SSSR count). The van der Waals surface area contributed by atoms with E-state index in [1.807, 2.05) is 37.3 Å². The van der Waals surface area contributed by atoms with Crippen LogP contribution in [-0.4, -0.2) is 10.2 Å². The molecule has 0 unspecified atom stereocenters. The van der Waals surface area contributed by atoms with Gasteiger partial charge in [0.1, 0.15) is 11.5 Å². The molecule has 0 saturated heterocycles. The van der Waals surface area contributed by atoms with Crippen LogP contribution in [0.5, 0.6) is 11.5 Å².